The average Bonchev–Trinajstić information content (AvgIpc) is 2.43. The zero-order valence-electron chi connectivity index (χ0n) is 11.9. The van der Waals surface area contributed by atoms with Crippen LogP contribution in [-0.2, 0) is 4.74 Å². The molecule has 0 bridgehead atoms. The summed E-state index contributed by atoms with van der Waals surface area (Å²) in [7, 11) is 3.57. The number of para-hydroxylation sites is 1. The van der Waals surface area contributed by atoms with Crippen LogP contribution in [0.1, 0.15) is 5.56 Å². The van der Waals surface area contributed by atoms with Gasteiger partial charge >= 0.3 is 0 Å². The lowest BCUT2D eigenvalue weighted by Crippen LogP contribution is -2.35. The Bertz CT molecular complexity index is 429. The van der Waals surface area contributed by atoms with Crippen LogP contribution in [0.4, 0.5) is 0 Å². The van der Waals surface area contributed by atoms with E-state index >= 15 is 0 Å². The fraction of sp³-hybridized carbons (Fsp3) is 0.500. The minimum atomic E-state index is -0.587. The lowest BCUT2D eigenvalue weighted by atomic mass is 10.2. The molecule has 0 saturated heterocycles. The number of likely N-dealkylation sites (N-methyl/N-ethyl adjacent to an activating group) is 1. The molecule has 1 unspecified atom stereocenters. The van der Waals surface area contributed by atoms with Gasteiger partial charge in [-0.15, -0.1) is 0 Å². The normalized spacial score (nSPS) is 12.4. The fourth-order valence-electron chi connectivity index (χ4n) is 1.73. The molecule has 6 heteroatoms. The summed E-state index contributed by atoms with van der Waals surface area (Å²) in [6.07, 6.45) is -0.587. The maximum Gasteiger partial charge on any atom is 0.129 e. The van der Waals surface area contributed by atoms with Crippen LogP contribution in [-0.4, -0.2) is 61.6 Å². The van der Waals surface area contributed by atoms with Crippen LogP contribution in [0.15, 0.2) is 24.3 Å². The SMILES string of the molecule is COCCN(C)CC(O)COc1ccccc1C(N)=S. The van der Waals surface area contributed by atoms with Gasteiger partial charge < -0.3 is 25.2 Å². The van der Waals surface area contributed by atoms with Gasteiger partial charge in [0.05, 0.1) is 12.2 Å². The summed E-state index contributed by atoms with van der Waals surface area (Å²) in [4.78, 5) is 2.27. The first-order valence-corrected chi connectivity index (χ1v) is 6.82. The van der Waals surface area contributed by atoms with E-state index in [-0.39, 0.29) is 11.6 Å². The monoisotopic (exact) mass is 298 g/mol. The van der Waals surface area contributed by atoms with Crippen molar-refractivity contribution in [1.29, 1.82) is 0 Å². The van der Waals surface area contributed by atoms with Crippen molar-refractivity contribution in [3.63, 3.8) is 0 Å². The van der Waals surface area contributed by atoms with Gasteiger partial charge in [0.15, 0.2) is 0 Å². The molecule has 0 aliphatic carbocycles. The molecule has 0 saturated carbocycles. The van der Waals surface area contributed by atoms with E-state index in [1.165, 1.54) is 0 Å². The second-order valence-corrected chi connectivity index (χ2v) is 5.02. The number of rotatable bonds is 9. The Kier molecular flexibility index (Phi) is 7.46. The molecule has 0 amide bonds. The molecule has 3 N–H and O–H groups in total. The molecule has 0 heterocycles. The first-order valence-electron chi connectivity index (χ1n) is 6.41. The van der Waals surface area contributed by atoms with Gasteiger partial charge in [-0.3, -0.25) is 0 Å². The number of ether oxygens (including phenoxy) is 2. The summed E-state index contributed by atoms with van der Waals surface area (Å²) in [5.74, 6) is 0.596. The zero-order valence-corrected chi connectivity index (χ0v) is 12.7. The summed E-state index contributed by atoms with van der Waals surface area (Å²) in [6.45, 7) is 2.10. The Morgan fingerprint density at radius 3 is 2.80 bits per heavy atom. The third-order valence-electron chi connectivity index (χ3n) is 2.78. The van der Waals surface area contributed by atoms with Crippen LogP contribution < -0.4 is 10.5 Å². The predicted octanol–water partition coefficient (Wildman–Crippen LogP) is 0.639. The predicted molar refractivity (Wildman–Crippen MR) is 83.2 cm³/mol. The van der Waals surface area contributed by atoms with Crippen molar-refractivity contribution >= 4 is 17.2 Å². The molecule has 0 radical (unpaired) electrons. The van der Waals surface area contributed by atoms with Gasteiger partial charge in [-0.1, -0.05) is 24.4 Å². The number of hydrogen-bond acceptors (Lipinski definition) is 5. The number of methoxy groups -OCH3 is 1. The number of nitrogens with zero attached hydrogens (tertiary/aromatic N) is 1. The van der Waals surface area contributed by atoms with Crippen molar-refractivity contribution in [2.24, 2.45) is 5.73 Å². The summed E-state index contributed by atoms with van der Waals surface area (Å²) in [5, 5.41) is 9.94. The number of aliphatic hydroxyl groups is 1. The number of benzene rings is 1. The van der Waals surface area contributed by atoms with Crippen molar-refractivity contribution in [3.05, 3.63) is 29.8 Å². The van der Waals surface area contributed by atoms with Crippen LogP contribution in [0.2, 0.25) is 0 Å². The molecule has 1 rings (SSSR count). The zero-order chi connectivity index (χ0) is 15.0. The highest BCUT2D eigenvalue weighted by Crippen LogP contribution is 2.17. The van der Waals surface area contributed by atoms with Gasteiger partial charge in [0.2, 0.25) is 0 Å². The molecule has 1 aromatic rings. The van der Waals surface area contributed by atoms with Crippen LogP contribution >= 0.6 is 12.2 Å². The Morgan fingerprint density at radius 2 is 2.15 bits per heavy atom. The Morgan fingerprint density at radius 1 is 1.45 bits per heavy atom. The molecule has 112 valence electrons. The van der Waals surface area contributed by atoms with Crippen molar-refractivity contribution in [1.82, 2.24) is 4.90 Å². The van der Waals surface area contributed by atoms with Crippen LogP contribution in [0.5, 0.6) is 5.75 Å². The topological polar surface area (TPSA) is 68.0 Å². The molecule has 0 fully saturated rings. The van der Waals surface area contributed by atoms with E-state index in [0.29, 0.717) is 24.5 Å². The van der Waals surface area contributed by atoms with Gasteiger partial charge in [-0.05, 0) is 19.2 Å². The summed E-state index contributed by atoms with van der Waals surface area (Å²) >= 11 is 4.96. The van der Waals surface area contributed by atoms with Gasteiger partial charge in [0.1, 0.15) is 23.4 Å². The van der Waals surface area contributed by atoms with Gasteiger partial charge in [-0.25, -0.2) is 0 Å². The van der Waals surface area contributed by atoms with Gasteiger partial charge in [-0.2, -0.15) is 0 Å². The molecule has 0 aliphatic heterocycles. The maximum absolute atomic E-state index is 9.94. The molecule has 1 atom stereocenters. The number of hydrogen-bond donors (Lipinski definition) is 2. The van der Waals surface area contributed by atoms with E-state index < -0.39 is 6.10 Å². The van der Waals surface area contributed by atoms with Crippen molar-refractivity contribution in [3.8, 4) is 5.75 Å². The highest BCUT2D eigenvalue weighted by atomic mass is 32.1. The van der Waals surface area contributed by atoms with E-state index in [1.54, 1.807) is 19.2 Å². The molecule has 0 spiro atoms. The third-order valence-corrected chi connectivity index (χ3v) is 3.00. The molecule has 0 aliphatic rings. The summed E-state index contributed by atoms with van der Waals surface area (Å²) in [5.41, 5.74) is 6.31. The second kappa shape index (κ2) is 8.86. The maximum atomic E-state index is 9.94. The second-order valence-electron chi connectivity index (χ2n) is 4.58. The van der Waals surface area contributed by atoms with Gasteiger partial charge in [0.25, 0.3) is 0 Å². The lowest BCUT2D eigenvalue weighted by Gasteiger charge is -2.20. The Balaban J connectivity index is 2.45. The van der Waals surface area contributed by atoms with Crippen LogP contribution in [0, 0.1) is 0 Å². The van der Waals surface area contributed by atoms with Crippen LogP contribution in [0.3, 0.4) is 0 Å². The largest absolute Gasteiger partial charge is 0.490 e. The minimum absolute atomic E-state index is 0.191. The highest BCUT2D eigenvalue weighted by molar-refractivity contribution is 7.80. The lowest BCUT2D eigenvalue weighted by molar-refractivity contribution is 0.0667. The molecule has 0 aromatic heterocycles. The van der Waals surface area contributed by atoms with Crippen molar-refractivity contribution < 1.29 is 14.6 Å². The van der Waals surface area contributed by atoms with Crippen molar-refractivity contribution in [2.75, 3.05) is 40.5 Å². The van der Waals surface area contributed by atoms with E-state index in [9.17, 15) is 5.11 Å². The standard InChI is InChI=1S/C14H22N2O3S/c1-16(7-8-18-2)9-11(17)10-19-13-6-4-3-5-12(13)14(15)20/h3-6,11,17H,7-10H2,1-2H3,(H2,15,20). The molecular formula is C14H22N2O3S. The summed E-state index contributed by atoms with van der Waals surface area (Å²) < 4.78 is 10.6. The molecule has 20 heavy (non-hydrogen) atoms. The van der Waals surface area contributed by atoms with E-state index in [4.69, 9.17) is 27.4 Å². The first-order chi connectivity index (χ1) is 9.54. The van der Waals surface area contributed by atoms with E-state index in [1.807, 2.05) is 24.1 Å². The molecule has 1 aromatic carbocycles. The quantitative estimate of drug-likeness (QED) is 0.652. The number of nitrogens with two attached hydrogens (primary N) is 1. The average molecular weight is 298 g/mol. The van der Waals surface area contributed by atoms with E-state index in [0.717, 1.165) is 6.54 Å². The number of thiocarbonyl (C=S) groups is 1. The number of aliphatic hydroxyl groups excluding tert-OH is 1. The Hall–Kier alpha value is -1.21. The molecular weight excluding hydrogens is 276 g/mol. The van der Waals surface area contributed by atoms with Crippen LogP contribution in [0.25, 0.3) is 0 Å². The highest BCUT2D eigenvalue weighted by Gasteiger charge is 2.11. The first kappa shape index (κ1) is 16.8. The third kappa shape index (κ3) is 5.83. The molecule has 5 nitrogen and oxygen atoms in total. The van der Waals surface area contributed by atoms with E-state index in [2.05, 4.69) is 0 Å². The smallest absolute Gasteiger partial charge is 0.129 e. The van der Waals surface area contributed by atoms with Crippen molar-refractivity contribution in [2.45, 2.75) is 6.10 Å². The minimum Gasteiger partial charge on any atom is -0.490 e. The Labute approximate surface area is 125 Å². The van der Waals surface area contributed by atoms with Gasteiger partial charge in [0, 0.05) is 20.2 Å². The summed E-state index contributed by atoms with van der Waals surface area (Å²) in [6, 6.07) is 7.27. The fourth-order valence-corrected chi connectivity index (χ4v) is 1.90.